The Hall–Kier alpha value is -1.16. The zero-order chi connectivity index (χ0) is 11.0. The number of hydrogen-bond acceptors (Lipinski definition) is 2. The fraction of sp³-hybridized carbons (Fsp3) is 0.455. The molecule has 1 atom stereocenters. The highest BCUT2D eigenvalue weighted by Crippen LogP contribution is 2.28. The van der Waals surface area contributed by atoms with Crippen LogP contribution in [0.15, 0.2) is 12.1 Å². The van der Waals surface area contributed by atoms with Gasteiger partial charge in [-0.1, -0.05) is 6.07 Å². The lowest BCUT2D eigenvalue weighted by molar-refractivity contribution is 0.571. The third-order valence-electron chi connectivity index (χ3n) is 2.80. The van der Waals surface area contributed by atoms with Gasteiger partial charge in [0.25, 0.3) is 0 Å². The van der Waals surface area contributed by atoms with E-state index < -0.39 is 11.6 Å². The Morgan fingerprint density at radius 2 is 2.13 bits per heavy atom. The molecule has 2 rings (SSSR count). The summed E-state index contributed by atoms with van der Waals surface area (Å²) >= 11 is 0. The lowest BCUT2D eigenvalue weighted by Gasteiger charge is -2.20. The minimum atomic E-state index is -0.507. The summed E-state index contributed by atoms with van der Waals surface area (Å²) < 4.78 is 27.2. The van der Waals surface area contributed by atoms with Gasteiger partial charge >= 0.3 is 0 Å². The summed E-state index contributed by atoms with van der Waals surface area (Å²) in [6.45, 7) is 2.78. The molecule has 1 aliphatic rings. The Labute approximate surface area is 87.7 Å². The van der Waals surface area contributed by atoms with Crippen molar-refractivity contribution in [1.82, 2.24) is 0 Å². The minimum Gasteiger partial charge on any atom is -0.365 e. The molecule has 0 spiro atoms. The van der Waals surface area contributed by atoms with Gasteiger partial charge in [0.2, 0.25) is 0 Å². The van der Waals surface area contributed by atoms with Crippen molar-refractivity contribution in [3.05, 3.63) is 29.3 Å². The Kier molecular flexibility index (Phi) is 2.61. The molecule has 1 aromatic carbocycles. The highest BCUT2D eigenvalue weighted by molar-refractivity contribution is 5.52. The first kappa shape index (κ1) is 10.4. The van der Waals surface area contributed by atoms with Gasteiger partial charge < -0.3 is 10.6 Å². The molecular formula is C11H14F2N2. The zero-order valence-electron chi connectivity index (χ0n) is 8.63. The fourth-order valence-electron chi connectivity index (χ4n) is 1.92. The second-order valence-corrected chi connectivity index (χ2v) is 4.02. The summed E-state index contributed by atoms with van der Waals surface area (Å²) in [5.74, 6) is -0.976. The maximum atomic E-state index is 13.7. The van der Waals surface area contributed by atoms with Gasteiger partial charge in [0.15, 0.2) is 5.82 Å². The van der Waals surface area contributed by atoms with E-state index in [4.69, 9.17) is 5.73 Å². The summed E-state index contributed by atoms with van der Waals surface area (Å²) in [6, 6.07) is 2.77. The first-order chi connectivity index (χ1) is 7.09. The van der Waals surface area contributed by atoms with Crippen LogP contribution >= 0.6 is 0 Å². The highest BCUT2D eigenvalue weighted by atomic mass is 19.1. The Morgan fingerprint density at radius 1 is 1.40 bits per heavy atom. The number of nitrogens with zero attached hydrogens (tertiary/aromatic N) is 1. The number of aryl methyl sites for hydroxylation is 1. The van der Waals surface area contributed by atoms with Crippen molar-refractivity contribution in [2.45, 2.75) is 19.4 Å². The van der Waals surface area contributed by atoms with E-state index in [2.05, 4.69) is 0 Å². The molecule has 1 aliphatic heterocycles. The van der Waals surface area contributed by atoms with Gasteiger partial charge in [-0.15, -0.1) is 0 Å². The third-order valence-corrected chi connectivity index (χ3v) is 2.80. The van der Waals surface area contributed by atoms with Crippen LogP contribution in [0.3, 0.4) is 0 Å². The second-order valence-electron chi connectivity index (χ2n) is 4.02. The van der Waals surface area contributed by atoms with Crippen LogP contribution in [0, 0.1) is 18.6 Å². The van der Waals surface area contributed by atoms with Crippen LogP contribution in [0.25, 0.3) is 0 Å². The maximum absolute atomic E-state index is 13.7. The van der Waals surface area contributed by atoms with E-state index in [1.807, 2.05) is 0 Å². The van der Waals surface area contributed by atoms with Crippen molar-refractivity contribution in [2.75, 3.05) is 18.0 Å². The molecule has 0 saturated carbocycles. The van der Waals surface area contributed by atoms with E-state index in [0.29, 0.717) is 18.7 Å². The average Bonchev–Trinajstić information content (AvgIpc) is 2.59. The van der Waals surface area contributed by atoms with Crippen LogP contribution in [0.4, 0.5) is 14.5 Å². The molecule has 1 heterocycles. The van der Waals surface area contributed by atoms with E-state index in [0.717, 1.165) is 6.42 Å². The first-order valence-corrected chi connectivity index (χ1v) is 5.04. The summed E-state index contributed by atoms with van der Waals surface area (Å²) in [5, 5.41) is 0. The molecule has 15 heavy (non-hydrogen) atoms. The fourth-order valence-corrected chi connectivity index (χ4v) is 1.92. The van der Waals surface area contributed by atoms with E-state index >= 15 is 0 Å². The number of benzene rings is 1. The average molecular weight is 212 g/mol. The Morgan fingerprint density at radius 3 is 2.73 bits per heavy atom. The van der Waals surface area contributed by atoms with Crippen LogP contribution in [0.2, 0.25) is 0 Å². The lowest BCUT2D eigenvalue weighted by atomic mass is 10.2. The van der Waals surface area contributed by atoms with Crippen molar-refractivity contribution in [1.29, 1.82) is 0 Å². The molecule has 1 fully saturated rings. The zero-order valence-corrected chi connectivity index (χ0v) is 8.63. The van der Waals surface area contributed by atoms with Crippen molar-refractivity contribution >= 4 is 5.69 Å². The molecule has 1 unspecified atom stereocenters. The molecule has 82 valence electrons. The van der Waals surface area contributed by atoms with Gasteiger partial charge in [-0.05, 0) is 25.0 Å². The van der Waals surface area contributed by atoms with Gasteiger partial charge in [0.1, 0.15) is 11.5 Å². The van der Waals surface area contributed by atoms with E-state index in [9.17, 15) is 8.78 Å². The molecule has 1 aromatic rings. The van der Waals surface area contributed by atoms with Gasteiger partial charge in [0.05, 0.1) is 0 Å². The van der Waals surface area contributed by atoms with Crippen molar-refractivity contribution in [3.63, 3.8) is 0 Å². The molecule has 0 radical (unpaired) electrons. The Bertz CT molecular complexity index is 379. The lowest BCUT2D eigenvalue weighted by Crippen LogP contribution is -2.27. The largest absolute Gasteiger partial charge is 0.365 e. The number of rotatable bonds is 1. The van der Waals surface area contributed by atoms with Crippen LogP contribution in [-0.2, 0) is 0 Å². The van der Waals surface area contributed by atoms with Gasteiger partial charge in [-0.25, -0.2) is 8.78 Å². The number of nitrogens with two attached hydrogens (primary N) is 1. The predicted molar refractivity (Wildman–Crippen MR) is 55.9 cm³/mol. The van der Waals surface area contributed by atoms with Gasteiger partial charge in [0, 0.05) is 19.1 Å². The summed E-state index contributed by atoms with van der Waals surface area (Å²) in [5.41, 5.74) is 6.25. The summed E-state index contributed by atoms with van der Waals surface area (Å²) in [6.07, 6.45) is 0.785. The number of anilines is 1. The van der Waals surface area contributed by atoms with Crippen molar-refractivity contribution in [3.8, 4) is 0 Å². The first-order valence-electron chi connectivity index (χ1n) is 5.04. The van der Waals surface area contributed by atoms with Crippen LogP contribution in [-0.4, -0.2) is 19.1 Å². The van der Waals surface area contributed by atoms with Crippen molar-refractivity contribution in [2.24, 2.45) is 5.73 Å². The summed E-state index contributed by atoms with van der Waals surface area (Å²) in [7, 11) is 0. The molecular weight excluding hydrogens is 198 g/mol. The predicted octanol–water partition coefficient (Wildman–Crippen LogP) is 1.81. The number of hydrogen-bond donors (Lipinski definition) is 1. The molecule has 0 amide bonds. The molecule has 1 saturated heterocycles. The topological polar surface area (TPSA) is 29.3 Å². The molecule has 0 bridgehead atoms. The third kappa shape index (κ3) is 1.81. The Balaban J connectivity index is 2.39. The van der Waals surface area contributed by atoms with Gasteiger partial charge in [-0.2, -0.15) is 0 Å². The highest BCUT2D eigenvalue weighted by Gasteiger charge is 2.25. The van der Waals surface area contributed by atoms with Crippen LogP contribution in [0.5, 0.6) is 0 Å². The quantitative estimate of drug-likeness (QED) is 0.769. The van der Waals surface area contributed by atoms with Gasteiger partial charge in [-0.3, -0.25) is 0 Å². The smallest absolute Gasteiger partial charge is 0.152 e. The normalized spacial score (nSPS) is 21.1. The second kappa shape index (κ2) is 3.77. The molecule has 2 nitrogen and oxygen atoms in total. The SMILES string of the molecule is Cc1ccc(F)c(N2CCC(N)C2)c1F. The van der Waals surface area contributed by atoms with E-state index in [-0.39, 0.29) is 11.7 Å². The number of halogens is 2. The summed E-state index contributed by atoms with van der Waals surface area (Å²) in [4.78, 5) is 1.68. The van der Waals surface area contributed by atoms with Crippen LogP contribution < -0.4 is 10.6 Å². The monoisotopic (exact) mass is 212 g/mol. The molecule has 0 aromatic heterocycles. The van der Waals surface area contributed by atoms with Crippen molar-refractivity contribution < 1.29 is 8.78 Å². The van der Waals surface area contributed by atoms with E-state index in [1.54, 1.807) is 11.8 Å². The van der Waals surface area contributed by atoms with E-state index in [1.165, 1.54) is 12.1 Å². The van der Waals surface area contributed by atoms with Crippen LogP contribution in [0.1, 0.15) is 12.0 Å². The molecule has 2 N–H and O–H groups in total. The standard InChI is InChI=1S/C11H14F2N2/c1-7-2-3-9(12)11(10(7)13)15-5-4-8(14)6-15/h2-3,8H,4-6,14H2,1H3. The minimum absolute atomic E-state index is 0.0179. The molecule has 0 aliphatic carbocycles. The maximum Gasteiger partial charge on any atom is 0.152 e. The molecule has 4 heteroatoms.